The molecule has 32 heavy (non-hydrogen) atoms. The molecule has 0 saturated carbocycles. The maximum Gasteiger partial charge on any atom is 0.251 e. The molecule has 0 fully saturated rings. The molecule has 0 bridgehead atoms. The lowest BCUT2D eigenvalue weighted by Crippen LogP contribution is -2.38. The van der Waals surface area contributed by atoms with Gasteiger partial charge < -0.3 is 20.1 Å². The molecule has 6 nitrogen and oxygen atoms in total. The van der Waals surface area contributed by atoms with Gasteiger partial charge in [0.15, 0.2) is 11.5 Å². The van der Waals surface area contributed by atoms with Crippen molar-refractivity contribution in [1.29, 1.82) is 0 Å². The Labute approximate surface area is 187 Å². The van der Waals surface area contributed by atoms with E-state index in [0.717, 1.165) is 24.8 Å². The van der Waals surface area contributed by atoms with Crippen LogP contribution in [0.3, 0.4) is 0 Å². The van der Waals surface area contributed by atoms with Crippen LogP contribution in [0.1, 0.15) is 40.4 Å². The number of nitrogens with one attached hydrogen (secondary N) is 2. The van der Waals surface area contributed by atoms with E-state index in [1.165, 1.54) is 5.56 Å². The lowest BCUT2D eigenvalue weighted by atomic mass is 9.99. The number of benzene rings is 3. The van der Waals surface area contributed by atoms with Crippen LogP contribution in [0.15, 0.2) is 78.9 Å². The summed E-state index contributed by atoms with van der Waals surface area (Å²) in [6, 6.07) is 25.1. The molecule has 3 aromatic carbocycles. The van der Waals surface area contributed by atoms with Crippen LogP contribution in [0.5, 0.6) is 11.5 Å². The first kappa shape index (κ1) is 21.4. The highest BCUT2D eigenvalue weighted by molar-refractivity contribution is 5.97. The van der Waals surface area contributed by atoms with Crippen molar-refractivity contribution in [3.8, 4) is 11.5 Å². The SMILES string of the molecule is O=C(CNC(=O)c1ccc2c(c1)OCO2)N[C@H](CCCc1ccccc1)c1ccccc1. The minimum Gasteiger partial charge on any atom is -0.454 e. The Bertz CT molecular complexity index is 1050. The average Bonchev–Trinajstić information content (AvgIpc) is 3.31. The molecule has 4 rings (SSSR count). The number of carbonyl (C=O) groups is 2. The normalized spacial score (nSPS) is 12.8. The monoisotopic (exact) mass is 430 g/mol. The summed E-state index contributed by atoms with van der Waals surface area (Å²) in [5, 5.41) is 5.75. The third-order valence-corrected chi connectivity index (χ3v) is 5.38. The van der Waals surface area contributed by atoms with Crippen LogP contribution in [0, 0.1) is 0 Å². The highest BCUT2D eigenvalue weighted by Crippen LogP contribution is 2.32. The molecule has 164 valence electrons. The zero-order chi connectivity index (χ0) is 22.2. The summed E-state index contributed by atoms with van der Waals surface area (Å²) >= 11 is 0. The van der Waals surface area contributed by atoms with Gasteiger partial charge in [-0.2, -0.15) is 0 Å². The molecule has 2 amide bonds. The molecule has 0 aromatic heterocycles. The largest absolute Gasteiger partial charge is 0.454 e. The van der Waals surface area contributed by atoms with Gasteiger partial charge in [0.05, 0.1) is 12.6 Å². The van der Waals surface area contributed by atoms with Gasteiger partial charge in [-0.1, -0.05) is 60.7 Å². The molecule has 1 atom stereocenters. The van der Waals surface area contributed by atoms with E-state index < -0.39 is 0 Å². The van der Waals surface area contributed by atoms with Crippen molar-refractivity contribution >= 4 is 11.8 Å². The van der Waals surface area contributed by atoms with Gasteiger partial charge in [0.25, 0.3) is 5.91 Å². The molecule has 1 aliphatic rings. The summed E-state index contributed by atoms with van der Waals surface area (Å²) in [4.78, 5) is 25.1. The molecule has 0 spiro atoms. The zero-order valence-corrected chi connectivity index (χ0v) is 17.8. The van der Waals surface area contributed by atoms with Gasteiger partial charge in [0.1, 0.15) is 0 Å². The van der Waals surface area contributed by atoms with Crippen molar-refractivity contribution in [2.45, 2.75) is 25.3 Å². The molecule has 0 radical (unpaired) electrons. The van der Waals surface area contributed by atoms with E-state index in [4.69, 9.17) is 9.47 Å². The van der Waals surface area contributed by atoms with Crippen molar-refractivity contribution in [2.24, 2.45) is 0 Å². The number of carbonyl (C=O) groups excluding carboxylic acids is 2. The van der Waals surface area contributed by atoms with Crippen molar-refractivity contribution in [1.82, 2.24) is 10.6 Å². The Balaban J connectivity index is 1.31. The highest BCUT2D eigenvalue weighted by atomic mass is 16.7. The molecular formula is C26H26N2O4. The van der Waals surface area contributed by atoms with Crippen molar-refractivity contribution in [3.05, 3.63) is 95.6 Å². The van der Waals surface area contributed by atoms with Crippen molar-refractivity contribution < 1.29 is 19.1 Å². The van der Waals surface area contributed by atoms with E-state index >= 15 is 0 Å². The lowest BCUT2D eigenvalue weighted by molar-refractivity contribution is -0.120. The fraction of sp³-hybridized carbons (Fsp3) is 0.231. The Hall–Kier alpha value is -3.80. The van der Waals surface area contributed by atoms with E-state index in [-0.39, 0.29) is 31.2 Å². The number of aryl methyl sites for hydroxylation is 1. The van der Waals surface area contributed by atoms with Crippen LogP contribution < -0.4 is 20.1 Å². The van der Waals surface area contributed by atoms with Crippen LogP contribution in [0.2, 0.25) is 0 Å². The third-order valence-electron chi connectivity index (χ3n) is 5.38. The van der Waals surface area contributed by atoms with Gasteiger partial charge in [-0.3, -0.25) is 9.59 Å². The molecule has 2 N–H and O–H groups in total. The number of hydrogen-bond acceptors (Lipinski definition) is 4. The van der Waals surface area contributed by atoms with Crippen LogP contribution in [0.4, 0.5) is 0 Å². The Morgan fingerprint density at radius 3 is 2.38 bits per heavy atom. The molecule has 0 unspecified atom stereocenters. The van der Waals surface area contributed by atoms with E-state index in [1.807, 2.05) is 48.5 Å². The van der Waals surface area contributed by atoms with E-state index in [2.05, 4.69) is 22.8 Å². The summed E-state index contributed by atoms with van der Waals surface area (Å²) in [6.07, 6.45) is 2.69. The molecule has 6 heteroatoms. The lowest BCUT2D eigenvalue weighted by Gasteiger charge is -2.19. The van der Waals surface area contributed by atoms with Gasteiger partial charge >= 0.3 is 0 Å². The summed E-state index contributed by atoms with van der Waals surface area (Å²) in [7, 11) is 0. The van der Waals surface area contributed by atoms with Gasteiger partial charge in [-0.15, -0.1) is 0 Å². The molecule has 0 saturated heterocycles. The van der Waals surface area contributed by atoms with Gasteiger partial charge in [0, 0.05) is 5.56 Å². The first-order valence-electron chi connectivity index (χ1n) is 10.7. The standard InChI is InChI=1S/C26H26N2O4/c29-25(17-27-26(30)21-14-15-23-24(16-21)32-18-31-23)28-22(20-11-5-2-6-12-20)13-7-10-19-8-3-1-4-9-19/h1-6,8-9,11-12,14-16,22H,7,10,13,17-18H2,(H,27,30)(H,28,29)/t22-/m1/s1. The van der Waals surface area contributed by atoms with E-state index in [1.54, 1.807) is 18.2 Å². The van der Waals surface area contributed by atoms with E-state index in [9.17, 15) is 9.59 Å². The zero-order valence-electron chi connectivity index (χ0n) is 17.8. The Kier molecular flexibility index (Phi) is 7.02. The highest BCUT2D eigenvalue weighted by Gasteiger charge is 2.18. The smallest absolute Gasteiger partial charge is 0.251 e. The van der Waals surface area contributed by atoms with Crippen LogP contribution >= 0.6 is 0 Å². The maximum atomic E-state index is 12.6. The first-order valence-corrected chi connectivity index (χ1v) is 10.7. The number of fused-ring (bicyclic) bond motifs is 1. The second-order valence-electron chi connectivity index (χ2n) is 7.66. The maximum absolute atomic E-state index is 12.6. The predicted octanol–water partition coefficient (Wildman–Crippen LogP) is 4.03. The molecule has 1 heterocycles. The summed E-state index contributed by atoms with van der Waals surface area (Å²) in [5.41, 5.74) is 2.75. The summed E-state index contributed by atoms with van der Waals surface area (Å²) in [6.45, 7) is 0.0449. The minimum absolute atomic E-state index is 0.102. The number of amides is 2. The second kappa shape index (κ2) is 10.5. The first-order chi connectivity index (χ1) is 15.7. The summed E-state index contributed by atoms with van der Waals surface area (Å²) < 4.78 is 10.6. The fourth-order valence-corrected chi connectivity index (χ4v) is 3.71. The quantitative estimate of drug-likeness (QED) is 0.538. The van der Waals surface area contributed by atoms with Crippen LogP contribution in [-0.4, -0.2) is 25.2 Å². The minimum atomic E-state index is -0.334. The second-order valence-corrected chi connectivity index (χ2v) is 7.66. The Morgan fingerprint density at radius 1 is 0.875 bits per heavy atom. The summed E-state index contributed by atoms with van der Waals surface area (Å²) in [5.74, 6) is 0.580. The number of ether oxygens (including phenoxy) is 2. The number of rotatable bonds is 9. The van der Waals surface area contributed by atoms with Crippen molar-refractivity contribution in [2.75, 3.05) is 13.3 Å². The van der Waals surface area contributed by atoms with Gasteiger partial charge in [-0.05, 0) is 48.6 Å². The predicted molar refractivity (Wildman–Crippen MR) is 122 cm³/mol. The van der Waals surface area contributed by atoms with Crippen LogP contribution in [-0.2, 0) is 11.2 Å². The molecule has 1 aliphatic heterocycles. The molecule has 0 aliphatic carbocycles. The van der Waals surface area contributed by atoms with Gasteiger partial charge in [-0.25, -0.2) is 0 Å². The van der Waals surface area contributed by atoms with Gasteiger partial charge in [0.2, 0.25) is 12.7 Å². The third kappa shape index (κ3) is 5.66. The Morgan fingerprint density at radius 2 is 1.59 bits per heavy atom. The van der Waals surface area contributed by atoms with E-state index in [0.29, 0.717) is 17.1 Å². The molecule has 3 aromatic rings. The average molecular weight is 431 g/mol. The van der Waals surface area contributed by atoms with Crippen LogP contribution in [0.25, 0.3) is 0 Å². The topological polar surface area (TPSA) is 76.7 Å². The number of hydrogen-bond donors (Lipinski definition) is 2. The van der Waals surface area contributed by atoms with Crippen molar-refractivity contribution in [3.63, 3.8) is 0 Å². The molecular weight excluding hydrogens is 404 g/mol. The fourth-order valence-electron chi connectivity index (χ4n) is 3.71.